The first-order chi connectivity index (χ1) is 26.5. The van der Waals surface area contributed by atoms with Crippen LogP contribution in [0.3, 0.4) is 0 Å². The average molecular weight is 797 g/mol. The van der Waals surface area contributed by atoms with Gasteiger partial charge in [-0.15, -0.1) is 0 Å². The highest BCUT2D eigenvalue weighted by molar-refractivity contribution is 7.47. The number of hydrogen-bond acceptors (Lipinski definition) is 7. The van der Waals surface area contributed by atoms with Gasteiger partial charge in [0, 0.05) is 12.8 Å². The fourth-order valence-electron chi connectivity index (χ4n) is 5.60. The second-order valence-electron chi connectivity index (χ2n) is 15.7. The van der Waals surface area contributed by atoms with E-state index in [1.54, 1.807) is 0 Å². The molecule has 0 heterocycles. The Kier molecular flexibility index (Phi) is 36.2. The molecule has 0 aromatic rings. The Labute approximate surface area is 337 Å². The first-order valence-electron chi connectivity index (χ1n) is 21.9. The fraction of sp³-hybridized carbons (Fsp3) is 0.778. The summed E-state index contributed by atoms with van der Waals surface area (Å²) in [5.41, 5.74) is 0. The number of allylic oxidation sites excluding steroid dienone is 8. The van der Waals surface area contributed by atoms with Crippen LogP contribution in [0.2, 0.25) is 0 Å². The van der Waals surface area contributed by atoms with E-state index in [2.05, 4.69) is 62.5 Å². The van der Waals surface area contributed by atoms with Gasteiger partial charge in [0.2, 0.25) is 0 Å². The van der Waals surface area contributed by atoms with Crippen molar-refractivity contribution in [1.82, 2.24) is 0 Å². The van der Waals surface area contributed by atoms with Gasteiger partial charge in [-0.2, -0.15) is 0 Å². The number of nitrogens with zero attached hydrogens (tertiary/aromatic N) is 1. The van der Waals surface area contributed by atoms with Gasteiger partial charge in [0.05, 0.1) is 27.7 Å². The van der Waals surface area contributed by atoms with E-state index in [4.69, 9.17) is 18.5 Å². The molecule has 0 rings (SSSR count). The van der Waals surface area contributed by atoms with E-state index in [-0.39, 0.29) is 32.0 Å². The van der Waals surface area contributed by atoms with Crippen molar-refractivity contribution in [2.45, 2.75) is 180 Å². The van der Waals surface area contributed by atoms with Gasteiger partial charge in [-0.05, 0) is 77.0 Å². The molecule has 0 fully saturated rings. The molecule has 0 amide bonds. The summed E-state index contributed by atoms with van der Waals surface area (Å²) in [4.78, 5) is 35.3. The van der Waals surface area contributed by atoms with E-state index in [0.717, 1.165) is 70.6 Å². The summed E-state index contributed by atoms with van der Waals surface area (Å²) in [6.45, 7) is 4.33. The van der Waals surface area contributed by atoms with Gasteiger partial charge in [0.15, 0.2) is 6.10 Å². The molecule has 0 bridgehead atoms. The summed E-state index contributed by atoms with van der Waals surface area (Å²) in [6.07, 6.45) is 43.0. The Morgan fingerprint density at radius 3 is 1.55 bits per heavy atom. The van der Waals surface area contributed by atoms with Crippen LogP contribution in [-0.2, 0) is 32.7 Å². The third-order valence-corrected chi connectivity index (χ3v) is 10.1. The Bertz CT molecular complexity index is 1080. The lowest BCUT2D eigenvalue weighted by Crippen LogP contribution is -2.37. The molecule has 1 unspecified atom stereocenters. The van der Waals surface area contributed by atoms with Crippen molar-refractivity contribution in [3.63, 3.8) is 0 Å². The molecule has 0 aromatic heterocycles. The first kappa shape index (κ1) is 53.0. The minimum atomic E-state index is -4.39. The lowest BCUT2D eigenvalue weighted by molar-refractivity contribution is -0.870. The molecule has 2 atom stereocenters. The van der Waals surface area contributed by atoms with Gasteiger partial charge in [-0.3, -0.25) is 18.6 Å². The molecule has 0 aliphatic heterocycles. The van der Waals surface area contributed by atoms with Crippen molar-refractivity contribution in [3.05, 3.63) is 48.6 Å². The van der Waals surface area contributed by atoms with E-state index >= 15 is 0 Å². The number of unbranched alkanes of at least 4 members (excludes halogenated alkanes) is 17. The predicted molar refractivity (Wildman–Crippen MR) is 229 cm³/mol. The molecule has 320 valence electrons. The standard InChI is InChI=1S/C45H82NO8P/c1-6-8-10-12-14-16-18-20-22-24-25-27-29-31-33-35-37-44(47)51-41-43(42-53-55(49,50)52-40-39-46(3,4)5)54-45(48)38-36-34-32-30-28-26-23-21-19-17-15-13-11-9-7-2/h15,17,21-24,28,30,43H,6-14,16,18-20,25-27,29,31-42H2,1-5H3/p+1/b17-15-,23-21-,24-22-,30-28-/t43-/m1/s1. The van der Waals surface area contributed by atoms with Crippen molar-refractivity contribution < 1.29 is 42.1 Å². The molecular weight excluding hydrogens is 713 g/mol. The van der Waals surface area contributed by atoms with Gasteiger partial charge < -0.3 is 18.9 Å². The van der Waals surface area contributed by atoms with Gasteiger partial charge >= 0.3 is 19.8 Å². The van der Waals surface area contributed by atoms with Crippen LogP contribution in [-0.4, -0.2) is 74.9 Å². The van der Waals surface area contributed by atoms with Crippen LogP contribution in [0.5, 0.6) is 0 Å². The summed E-state index contributed by atoms with van der Waals surface area (Å²) in [6, 6.07) is 0. The minimum Gasteiger partial charge on any atom is -0.462 e. The van der Waals surface area contributed by atoms with E-state index in [0.29, 0.717) is 17.4 Å². The second-order valence-corrected chi connectivity index (χ2v) is 17.2. The van der Waals surface area contributed by atoms with Crippen molar-refractivity contribution in [3.8, 4) is 0 Å². The highest BCUT2D eigenvalue weighted by atomic mass is 31.2. The molecule has 55 heavy (non-hydrogen) atoms. The van der Waals surface area contributed by atoms with E-state index in [9.17, 15) is 19.0 Å². The van der Waals surface area contributed by atoms with Crippen molar-refractivity contribution in [2.75, 3.05) is 47.5 Å². The van der Waals surface area contributed by atoms with Gasteiger partial charge in [0.25, 0.3) is 0 Å². The van der Waals surface area contributed by atoms with Crippen LogP contribution in [0.4, 0.5) is 0 Å². The molecule has 0 aliphatic carbocycles. The number of hydrogen-bond donors (Lipinski definition) is 1. The van der Waals surface area contributed by atoms with E-state index < -0.39 is 26.5 Å². The predicted octanol–water partition coefficient (Wildman–Crippen LogP) is 12.3. The maximum Gasteiger partial charge on any atom is 0.472 e. The van der Waals surface area contributed by atoms with Crippen molar-refractivity contribution in [2.24, 2.45) is 0 Å². The zero-order valence-electron chi connectivity index (χ0n) is 35.9. The van der Waals surface area contributed by atoms with Gasteiger partial charge in [0.1, 0.15) is 19.8 Å². The summed E-state index contributed by atoms with van der Waals surface area (Å²) in [5.74, 6) is -0.855. The quantitative estimate of drug-likeness (QED) is 0.0215. The Balaban J connectivity index is 4.45. The fourth-order valence-corrected chi connectivity index (χ4v) is 6.34. The van der Waals surface area contributed by atoms with Crippen molar-refractivity contribution in [1.29, 1.82) is 0 Å². The molecule has 0 saturated carbocycles. The van der Waals surface area contributed by atoms with Crippen LogP contribution < -0.4 is 0 Å². The monoisotopic (exact) mass is 797 g/mol. The van der Waals surface area contributed by atoms with Crippen LogP contribution in [0.1, 0.15) is 174 Å². The molecule has 0 aliphatic rings. The Morgan fingerprint density at radius 2 is 0.982 bits per heavy atom. The number of carbonyl (C=O) groups excluding carboxylic acids is 2. The number of rotatable bonds is 39. The number of phosphoric ester groups is 1. The number of esters is 2. The zero-order valence-corrected chi connectivity index (χ0v) is 36.8. The highest BCUT2D eigenvalue weighted by Crippen LogP contribution is 2.43. The summed E-state index contributed by atoms with van der Waals surface area (Å²) in [5, 5.41) is 0. The first-order valence-corrected chi connectivity index (χ1v) is 23.4. The van der Waals surface area contributed by atoms with E-state index in [1.807, 2.05) is 21.1 Å². The third kappa shape index (κ3) is 41.4. The summed E-state index contributed by atoms with van der Waals surface area (Å²) >= 11 is 0. The maximum atomic E-state index is 12.7. The molecule has 0 radical (unpaired) electrons. The zero-order chi connectivity index (χ0) is 40.7. The number of phosphoric acid groups is 1. The molecule has 10 heteroatoms. The highest BCUT2D eigenvalue weighted by Gasteiger charge is 2.27. The average Bonchev–Trinajstić information content (AvgIpc) is 3.13. The molecule has 9 nitrogen and oxygen atoms in total. The van der Waals surface area contributed by atoms with Crippen LogP contribution in [0.15, 0.2) is 48.6 Å². The topological polar surface area (TPSA) is 108 Å². The lowest BCUT2D eigenvalue weighted by Gasteiger charge is -2.24. The summed E-state index contributed by atoms with van der Waals surface area (Å²) in [7, 11) is 1.44. The largest absolute Gasteiger partial charge is 0.472 e. The van der Waals surface area contributed by atoms with Gasteiger partial charge in [-0.25, -0.2) is 4.57 Å². The van der Waals surface area contributed by atoms with Crippen molar-refractivity contribution >= 4 is 19.8 Å². The summed E-state index contributed by atoms with van der Waals surface area (Å²) < 4.78 is 34.2. The van der Waals surface area contributed by atoms with Crippen LogP contribution >= 0.6 is 7.82 Å². The maximum absolute atomic E-state index is 12.7. The van der Waals surface area contributed by atoms with Crippen LogP contribution in [0, 0.1) is 0 Å². The SMILES string of the molecule is CCCCC/C=C\C/C=C\C/C=C\CCCCC(=O)O[C@H](COC(=O)CCCCCCC/C=C\CCCCCCCCC)COP(=O)(O)OCC[N+](C)(C)C. The molecule has 0 saturated heterocycles. The number of quaternary nitrogens is 1. The Morgan fingerprint density at radius 1 is 0.564 bits per heavy atom. The Hall–Kier alpha value is -2.03. The number of ether oxygens (including phenoxy) is 2. The smallest absolute Gasteiger partial charge is 0.462 e. The normalized spacial score (nSPS) is 14.1. The minimum absolute atomic E-state index is 0.0218. The molecule has 1 N–H and O–H groups in total. The number of carbonyl (C=O) groups is 2. The third-order valence-electron chi connectivity index (χ3n) is 9.08. The molecular formula is C45H83NO8P+. The van der Waals surface area contributed by atoms with E-state index in [1.165, 1.54) is 70.6 Å². The lowest BCUT2D eigenvalue weighted by atomic mass is 10.1. The second kappa shape index (κ2) is 37.5. The van der Waals surface area contributed by atoms with Gasteiger partial charge in [-0.1, -0.05) is 133 Å². The van der Waals surface area contributed by atoms with Crippen LogP contribution in [0.25, 0.3) is 0 Å². The number of likely N-dealkylation sites (N-methyl/N-ethyl adjacent to an activating group) is 1. The molecule has 0 spiro atoms. The molecule has 0 aromatic carbocycles.